The summed E-state index contributed by atoms with van der Waals surface area (Å²) in [5.41, 5.74) is 5.83. The third kappa shape index (κ3) is 4.01. The summed E-state index contributed by atoms with van der Waals surface area (Å²) in [5.74, 6) is -1.74. The first-order chi connectivity index (χ1) is 14.2. The van der Waals surface area contributed by atoms with E-state index in [1.54, 1.807) is 6.92 Å². The molecule has 0 aliphatic carbocycles. The molecule has 0 unspecified atom stereocenters. The molecule has 2 aromatic heterocycles. The molecule has 0 spiro atoms. The van der Waals surface area contributed by atoms with Gasteiger partial charge in [-0.15, -0.1) is 22.0 Å². The normalized spacial score (nSPS) is 20.7. The van der Waals surface area contributed by atoms with Gasteiger partial charge in [0.15, 0.2) is 9.47 Å². The Balaban J connectivity index is 1.47. The van der Waals surface area contributed by atoms with Crippen molar-refractivity contribution in [3.8, 4) is 0 Å². The lowest BCUT2D eigenvalue weighted by Gasteiger charge is -2.49. The van der Waals surface area contributed by atoms with Crippen LogP contribution in [0.5, 0.6) is 0 Å². The first-order valence-electron chi connectivity index (χ1n) is 8.33. The highest BCUT2D eigenvalue weighted by atomic mass is 35.5. The predicted octanol–water partition coefficient (Wildman–Crippen LogP) is 1.57. The number of hydrogen-bond donors (Lipinski definition) is 3. The number of nitrogen functional groups attached to an aromatic ring is 1. The summed E-state index contributed by atoms with van der Waals surface area (Å²) in [6.07, 6.45) is -0.118. The minimum Gasteiger partial charge on any atom is -0.477 e. The first-order valence-corrected chi connectivity index (χ1v) is 12.2. The zero-order valence-electron chi connectivity index (χ0n) is 15.1. The van der Waals surface area contributed by atoms with E-state index in [4.69, 9.17) is 17.3 Å². The number of fused-ring (bicyclic) bond motifs is 1. The first kappa shape index (κ1) is 21.4. The van der Waals surface area contributed by atoms with E-state index in [2.05, 4.69) is 20.5 Å². The Bertz CT molecular complexity index is 1090. The average molecular weight is 505 g/mol. The number of nitrogens with zero attached hydrogens (tertiary/aromatic N) is 4. The topological polar surface area (TPSA) is 151 Å². The third-order valence-corrected chi connectivity index (χ3v) is 8.77. The van der Waals surface area contributed by atoms with Crippen molar-refractivity contribution in [2.75, 3.05) is 11.5 Å². The Labute approximate surface area is 191 Å². The number of halogens is 1. The van der Waals surface area contributed by atoms with Crippen LogP contribution in [0.25, 0.3) is 0 Å². The van der Waals surface area contributed by atoms with Crippen LogP contribution in [0.3, 0.4) is 0 Å². The standard InChI is InChI=1S/C15H13ClN6O4S4/c1-4-20-21-15(28-4)29-6-3-27-12-8(11(24)22(12)9(6)13(25)26)19-7(23)2-5-10(16)30-14(17)18-5/h8,12H,2-3H2,1H3,(H2,17,18)(H,19,23)(H,25,26)/t8-,12+/m1/s1. The maximum Gasteiger partial charge on any atom is 0.353 e. The Morgan fingerprint density at radius 3 is 2.77 bits per heavy atom. The molecule has 158 valence electrons. The van der Waals surface area contributed by atoms with Crippen LogP contribution in [0.4, 0.5) is 5.13 Å². The van der Waals surface area contributed by atoms with Gasteiger partial charge in [0, 0.05) is 10.7 Å². The van der Waals surface area contributed by atoms with E-state index in [0.717, 1.165) is 16.3 Å². The van der Waals surface area contributed by atoms with E-state index in [1.807, 2.05) is 0 Å². The van der Waals surface area contributed by atoms with Crippen molar-refractivity contribution in [2.45, 2.75) is 29.1 Å². The molecule has 30 heavy (non-hydrogen) atoms. The fourth-order valence-corrected chi connectivity index (χ4v) is 7.31. The van der Waals surface area contributed by atoms with Crippen molar-refractivity contribution in [2.24, 2.45) is 0 Å². The molecule has 4 heterocycles. The highest BCUT2D eigenvalue weighted by Gasteiger charge is 2.54. The highest BCUT2D eigenvalue weighted by molar-refractivity contribution is 8.07. The molecular formula is C15H13ClN6O4S4. The molecular weight excluding hydrogens is 492 g/mol. The molecule has 1 fully saturated rings. The number of thiazole rings is 1. The average Bonchev–Trinajstić information content (AvgIpc) is 3.23. The number of aliphatic carboxylic acids is 1. The maximum atomic E-state index is 12.7. The predicted molar refractivity (Wildman–Crippen MR) is 115 cm³/mol. The molecule has 4 rings (SSSR count). The smallest absolute Gasteiger partial charge is 0.353 e. The van der Waals surface area contributed by atoms with Crippen molar-refractivity contribution in [1.29, 1.82) is 0 Å². The molecule has 10 nitrogen and oxygen atoms in total. The van der Waals surface area contributed by atoms with Gasteiger partial charge in [-0.05, 0) is 6.92 Å². The largest absolute Gasteiger partial charge is 0.477 e. The van der Waals surface area contributed by atoms with Crippen LogP contribution in [-0.2, 0) is 20.8 Å². The summed E-state index contributed by atoms with van der Waals surface area (Å²) < 4.78 is 0.929. The number of hydrogen-bond acceptors (Lipinski definition) is 11. The Hall–Kier alpha value is -1.87. The lowest BCUT2D eigenvalue weighted by molar-refractivity contribution is -0.150. The number of carbonyl (C=O) groups is 3. The van der Waals surface area contributed by atoms with Gasteiger partial charge < -0.3 is 16.2 Å². The summed E-state index contributed by atoms with van der Waals surface area (Å²) in [7, 11) is 0. The number of anilines is 1. The summed E-state index contributed by atoms with van der Waals surface area (Å²) >= 11 is 11.0. The summed E-state index contributed by atoms with van der Waals surface area (Å²) in [4.78, 5) is 42.6. The van der Waals surface area contributed by atoms with E-state index < -0.39 is 29.2 Å². The van der Waals surface area contributed by atoms with Crippen LogP contribution in [0.15, 0.2) is 14.9 Å². The molecule has 15 heteroatoms. The molecule has 0 saturated carbocycles. The molecule has 4 N–H and O–H groups in total. The van der Waals surface area contributed by atoms with Crippen molar-refractivity contribution in [3.63, 3.8) is 0 Å². The summed E-state index contributed by atoms with van der Waals surface area (Å²) in [5, 5.41) is 20.8. The van der Waals surface area contributed by atoms with Crippen LogP contribution >= 0.6 is 57.8 Å². The zero-order chi connectivity index (χ0) is 21.6. The number of aromatic nitrogens is 3. The van der Waals surface area contributed by atoms with Gasteiger partial charge in [-0.2, -0.15) is 0 Å². The van der Waals surface area contributed by atoms with Crippen LogP contribution in [0.2, 0.25) is 4.34 Å². The second-order valence-corrected chi connectivity index (χ2v) is 11.4. The number of β-lactam (4-membered cyclic amide) rings is 1. The summed E-state index contributed by atoms with van der Waals surface area (Å²) in [6.45, 7) is 1.80. The maximum absolute atomic E-state index is 12.7. The van der Waals surface area contributed by atoms with Crippen molar-refractivity contribution in [1.82, 2.24) is 25.4 Å². The number of nitrogens with one attached hydrogen (secondary N) is 1. The molecule has 0 radical (unpaired) electrons. The number of nitrogens with two attached hydrogens (primary N) is 1. The minimum atomic E-state index is -1.20. The van der Waals surface area contributed by atoms with E-state index in [-0.39, 0.29) is 17.2 Å². The quantitative estimate of drug-likeness (QED) is 0.494. The number of carbonyl (C=O) groups excluding carboxylic acids is 2. The molecule has 0 aromatic carbocycles. The number of aryl methyl sites for hydroxylation is 1. The highest BCUT2D eigenvalue weighted by Crippen LogP contribution is 2.45. The van der Waals surface area contributed by atoms with Crippen molar-refractivity contribution in [3.05, 3.63) is 25.6 Å². The fraction of sp³-hybridized carbons (Fsp3) is 0.333. The van der Waals surface area contributed by atoms with Crippen molar-refractivity contribution >= 4 is 80.7 Å². The molecule has 2 aliphatic heterocycles. The number of carboxylic acids is 1. The van der Waals surface area contributed by atoms with Gasteiger partial charge in [-0.25, -0.2) is 9.78 Å². The van der Waals surface area contributed by atoms with Crippen LogP contribution in [0.1, 0.15) is 10.7 Å². The zero-order valence-corrected chi connectivity index (χ0v) is 19.1. The van der Waals surface area contributed by atoms with Gasteiger partial charge in [-0.3, -0.25) is 14.5 Å². The van der Waals surface area contributed by atoms with Gasteiger partial charge in [0.25, 0.3) is 5.91 Å². The van der Waals surface area contributed by atoms with E-state index in [9.17, 15) is 19.5 Å². The summed E-state index contributed by atoms with van der Waals surface area (Å²) in [6, 6.07) is -0.818. The van der Waals surface area contributed by atoms with Crippen LogP contribution in [-0.4, -0.2) is 60.1 Å². The number of carboxylic acid groups (broad SMARTS) is 1. The van der Waals surface area contributed by atoms with Gasteiger partial charge in [0.05, 0.1) is 12.1 Å². The minimum absolute atomic E-state index is 0.0811. The van der Waals surface area contributed by atoms with Gasteiger partial charge >= 0.3 is 5.97 Å². The number of amides is 2. The fourth-order valence-electron chi connectivity index (χ4n) is 2.93. The van der Waals surface area contributed by atoms with Gasteiger partial charge in [0.2, 0.25) is 5.91 Å². The SMILES string of the molecule is Cc1nnc(SC2=C(C(=O)O)N3C(=O)[C@@H](NC(=O)Cc4nc(N)sc4Cl)[C@@H]3SC2)s1. The van der Waals surface area contributed by atoms with Crippen LogP contribution < -0.4 is 11.1 Å². The molecule has 2 atom stereocenters. The monoisotopic (exact) mass is 504 g/mol. The Morgan fingerprint density at radius 1 is 1.40 bits per heavy atom. The lowest BCUT2D eigenvalue weighted by Crippen LogP contribution is -2.70. The Morgan fingerprint density at radius 2 is 2.17 bits per heavy atom. The third-order valence-electron chi connectivity index (χ3n) is 4.16. The molecule has 1 saturated heterocycles. The van der Waals surface area contributed by atoms with Gasteiger partial charge in [-0.1, -0.05) is 46.0 Å². The van der Waals surface area contributed by atoms with E-state index >= 15 is 0 Å². The van der Waals surface area contributed by atoms with Crippen molar-refractivity contribution < 1.29 is 19.5 Å². The molecule has 2 amide bonds. The van der Waals surface area contributed by atoms with E-state index in [1.165, 1.54) is 39.8 Å². The molecule has 2 aromatic rings. The van der Waals surface area contributed by atoms with Crippen LogP contribution in [0, 0.1) is 6.92 Å². The number of thioether (sulfide) groups is 2. The molecule has 0 bridgehead atoms. The lowest BCUT2D eigenvalue weighted by atomic mass is 10.0. The second-order valence-electron chi connectivity index (χ2n) is 6.17. The van der Waals surface area contributed by atoms with E-state index in [0.29, 0.717) is 25.0 Å². The second kappa shape index (κ2) is 8.34. The molecule has 2 aliphatic rings. The van der Waals surface area contributed by atoms with Gasteiger partial charge in [0.1, 0.15) is 26.5 Å². The number of rotatable bonds is 6. The Kier molecular flexibility index (Phi) is 5.94.